The van der Waals surface area contributed by atoms with Gasteiger partial charge in [0.2, 0.25) is 0 Å². The van der Waals surface area contributed by atoms with Crippen LogP contribution in [0.4, 0.5) is 0 Å². The second-order valence-corrected chi connectivity index (χ2v) is 0. The van der Waals surface area contributed by atoms with Crippen LogP contribution in [-0.4, -0.2) is 159 Å². The zero-order chi connectivity index (χ0) is 0. The third-order valence-electron chi connectivity index (χ3n) is 0. The maximum atomic E-state index is 0. The van der Waals surface area contributed by atoms with Crippen molar-refractivity contribution in [3.63, 3.8) is 0 Å². The Kier molecular flexibility index (Phi) is 89.9. The molecule has 0 aromatic carbocycles. The van der Waals surface area contributed by atoms with E-state index in [1.807, 2.05) is 0 Å². The van der Waals surface area contributed by atoms with Crippen molar-refractivity contribution >= 4 is 159 Å². The molecule has 0 saturated carbocycles. The topological polar surface area (TPSA) is 0 Å². The average Bonchev–Trinajstić information content (AvgIpc) is 0. The molecular weight excluding hydrogens is 472 g/mol. The third kappa shape index (κ3) is 10.3. The molecule has 0 bridgehead atoms. The monoisotopic (exact) mass is 482 g/mol. The van der Waals surface area contributed by atoms with Gasteiger partial charge in [0, 0.05) is 0 Å². The van der Waals surface area contributed by atoms with Crippen LogP contribution >= 0.6 is 0 Å². The molecule has 0 aromatic heterocycles. The summed E-state index contributed by atoms with van der Waals surface area (Å²) in [5, 5.41) is 0. The van der Waals surface area contributed by atoms with Gasteiger partial charge in [-0.25, -0.2) is 0 Å². The van der Waals surface area contributed by atoms with Crippen LogP contribution in [0.5, 0.6) is 0 Å². The van der Waals surface area contributed by atoms with Crippen LogP contribution in [0.25, 0.3) is 0 Å². The second-order valence-electron chi connectivity index (χ2n) is 0. The van der Waals surface area contributed by atoms with Crippen molar-refractivity contribution in [2.75, 3.05) is 0 Å². The van der Waals surface area contributed by atoms with E-state index in [2.05, 4.69) is 0 Å². The standard InChI is InChI=1S/Ba.Ca.Pb.Sr.8H. The molecular formula is H8BaCaPbSr. The van der Waals surface area contributed by atoms with Crippen molar-refractivity contribution in [3.8, 4) is 0 Å². The summed E-state index contributed by atoms with van der Waals surface area (Å²) in [5.74, 6) is 0. The van der Waals surface area contributed by atoms with E-state index in [-0.39, 0.29) is 159 Å². The van der Waals surface area contributed by atoms with Gasteiger partial charge in [-0.3, -0.25) is 0 Å². The predicted molar refractivity (Wildman–Crippen MR) is 34.2 cm³/mol. The van der Waals surface area contributed by atoms with E-state index < -0.39 is 0 Å². The molecule has 4 heavy (non-hydrogen) atoms. The van der Waals surface area contributed by atoms with Crippen molar-refractivity contribution in [2.45, 2.75) is 0 Å². The van der Waals surface area contributed by atoms with Gasteiger partial charge in [-0.1, -0.05) is 0 Å². The molecule has 0 fully saturated rings. The van der Waals surface area contributed by atoms with Crippen LogP contribution in [0.1, 0.15) is 0 Å². The predicted octanol–water partition coefficient (Wildman–Crippen LogP) is -3.66. The average molecular weight is 480 g/mol. The van der Waals surface area contributed by atoms with Crippen LogP contribution in [0.3, 0.4) is 0 Å². The van der Waals surface area contributed by atoms with Gasteiger partial charge in [0.1, 0.15) is 0 Å². The maximum absolute atomic E-state index is 0. The first kappa shape index (κ1) is 22.9. The minimum absolute atomic E-state index is 0. The van der Waals surface area contributed by atoms with Crippen molar-refractivity contribution in [1.29, 1.82) is 0 Å². The zero-order valence-electron chi connectivity index (χ0n) is 0.707. The van der Waals surface area contributed by atoms with Crippen LogP contribution < -0.4 is 0 Å². The van der Waals surface area contributed by atoms with Crippen LogP contribution in [0.15, 0.2) is 0 Å². The van der Waals surface area contributed by atoms with E-state index in [1.165, 1.54) is 0 Å². The minimum atomic E-state index is 0. The molecule has 0 aliphatic carbocycles. The molecule has 4 heteroatoms. The third-order valence-corrected chi connectivity index (χ3v) is 0. The molecule has 0 aliphatic heterocycles. The molecule has 2 radical (unpaired) electrons. The molecule has 0 saturated heterocycles. The Bertz CT molecular complexity index is 8.00. The molecule has 18 valence electrons. The van der Waals surface area contributed by atoms with E-state index in [9.17, 15) is 0 Å². The first-order valence-corrected chi connectivity index (χ1v) is 0. The van der Waals surface area contributed by atoms with Crippen LogP contribution in [0.2, 0.25) is 0 Å². The zero-order valence-corrected chi connectivity index (χ0v) is 6.20. The summed E-state index contributed by atoms with van der Waals surface area (Å²) in [4.78, 5) is 0. The van der Waals surface area contributed by atoms with Gasteiger partial charge in [-0.05, 0) is 0 Å². The van der Waals surface area contributed by atoms with Crippen molar-refractivity contribution < 1.29 is 0 Å². The van der Waals surface area contributed by atoms with Gasteiger partial charge < -0.3 is 0 Å². The summed E-state index contributed by atoms with van der Waals surface area (Å²) < 4.78 is 0. The van der Waals surface area contributed by atoms with E-state index in [1.54, 1.807) is 0 Å². The normalized spacial score (nSPS) is 0. The molecule has 0 aliphatic rings. The Morgan fingerprint density at radius 2 is 1.00 bits per heavy atom. The molecule has 0 heterocycles. The van der Waals surface area contributed by atoms with E-state index in [0.29, 0.717) is 0 Å². The number of rotatable bonds is 0. The van der Waals surface area contributed by atoms with Gasteiger partial charge in [0.15, 0.2) is 0 Å². The van der Waals surface area contributed by atoms with E-state index >= 15 is 0 Å². The first-order chi connectivity index (χ1) is 0. The summed E-state index contributed by atoms with van der Waals surface area (Å²) >= 11 is 0. The van der Waals surface area contributed by atoms with Gasteiger partial charge >= 0.3 is 159 Å². The fraction of sp³-hybridized carbons (Fsp3) is 0. The molecule has 0 atom stereocenters. The van der Waals surface area contributed by atoms with Crippen molar-refractivity contribution in [3.05, 3.63) is 0 Å². The molecule has 0 rings (SSSR count). The summed E-state index contributed by atoms with van der Waals surface area (Å²) in [6.07, 6.45) is 0. The fourth-order valence-electron chi connectivity index (χ4n) is 0. The van der Waals surface area contributed by atoms with Gasteiger partial charge in [0.25, 0.3) is 0 Å². The molecule has 0 spiro atoms. The van der Waals surface area contributed by atoms with E-state index in [0.717, 1.165) is 0 Å². The first-order valence-electron chi connectivity index (χ1n) is 0. The SMILES string of the molecule is [BaH2].[CaH2].[PbH2].[SrH2]. The number of hydrogen-bond acceptors (Lipinski definition) is 0. The Balaban J connectivity index is 0. The fourth-order valence-corrected chi connectivity index (χ4v) is 0. The van der Waals surface area contributed by atoms with E-state index in [4.69, 9.17) is 0 Å². The molecule has 0 amide bonds. The molecule has 0 unspecified atom stereocenters. The summed E-state index contributed by atoms with van der Waals surface area (Å²) in [6.45, 7) is 0. The van der Waals surface area contributed by atoms with Crippen molar-refractivity contribution in [2.24, 2.45) is 0 Å². The Morgan fingerprint density at radius 1 is 1.00 bits per heavy atom. The second kappa shape index (κ2) is 15.7. The quantitative estimate of drug-likeness (QED) is 0.314. The molecule has 0 aromatic rings. The van der Waals surface area contributed by atoms with Gasteiger partial charge in [0.05, 0.1) is 0 Å². The van der Waals surface area contributed by atoms with Crippen LogP contribution in [0, 0.1) is 0 Å². The Hall–Kier alpha value is 5.23. The van der Waals surface area contributed by atoms with Crippen molar-refractivity contribution in [1.82, 2.24) is 0 Å². The van der Waals surface area contributed by atoms with Crippen LogP contribution in [-0.2, 0) is 0 Å². The number of hydrogen-bond donors (Lipinski definition) is 0. The van der Waals surface area contributed by atoms with Gasteiger partial charge in [-0.15, -0.1) is 0 Å². The van der Waals surface area contributed by atoms with Gasteiger partial charge in [-0.2, -0.15) is 0 Å². The molecule has 0 N–H and O–H groups in total. The summed E-state index contributed by atoms with van der Waals surface area (Å²) in [7, 11) is 0. The molecule has 0 nitrogen and oxygen atoms in total. The Morgan fingerprint density at radius 3 is 1.00 bits per heavy atom. The summed E-state index contributed by atoms with van der Waals surface area (Å²) in [5.41, 5.74) is 0. The summed E-state index contributed by atoms with van der Waals surface area (Å²) in [6, 6.07) is 0. The Labute approximate surface area is 154 Å².